The normalized spacial score (nSPS) is 14.5. The topological polar surface area (TPSA) is 87.6 Å². The number of allylic oxidation sites excluding steroid dienone is 1. The number of aliphatic imine (C=N–C) groups is 1. The summed E-state index contributed by atoms with van der Waals surface area (Å²) in [5, 5.41) is 19.0. The average Bonchev–Trinajstić information content (AvgIpc) is 3.58. The Morgan fingerprint density at radius 3 is 2.31 bits per heavy atom. The lowest BCUT2D eigenvalue weighted by Crippen LogP contribution is -2.29. The highest BCUT2D eigenvalue weighted by Gasteiger charge is 2.26. The predicted octanol–water partition coefficient (Wildman–Crippen LogP) is 6.87. The zero-order chi connectivity index (χ0) is 29.9. The Kier molecular flexibility index (Phi) is 8.80. The molecule has 0 bridgehead atoms. The quantitative estimate of drug-likeness (QED) is 0.214. The maximum atomic E-state index is 10.3. The third kappa shape index (κ3) is 6.92. The van der Waals surface area contributed by atoms with Gasteiger partial charge >= 0.3 is 0 Å². The molecule has 2 aromatic heterocycles. The van der Waals surface area contributed by atoms with Crippen molar-refractivity contribution in [3.63, 3.8) is 0 Å². The Morgan fingerprint density at radius 2 is 1.64 bits per heavy atom. The fraction of sp³-hybridized carbons (Fsp3) is 0.371. The lowest BCUT2D eigenvalue weighted by molar-refractivity contribution is 0.0663. The molecule has 1 atom stereocenters. The highest BCUT2D eigenvalue weighted by atomic mass is 16.4. The van der Waals surface area contributed by atoms with Crippen molar-refractivity contribution in [1.29, 1.82) is 0 Å². The molecule has 42 heavy (non-hydrogen) atoms. The molecule has 1 aliphatic heterocycles. The van der Waals surface area contributed by atoms with E-state index in [1.54, 1.807) is 12.4 Å². The van der Waals surface area contributed by atoms with Gasteiger partial charge in [-0.25, -0.2) is 0 Å². The fourth-order valence-electron chi connectivity index (χ4n) is 5.43. The van der Waals surface area contributed by atoms with Crippen LogP contribution in [0.3, 0.4) is 0 Å². The van der Waals surface area contributed by atoms with E-state index in [0.717, 1.165) is 29.8 Å². The zero-order valence-corrected chi connectivity index (χ0v) is 25.6. The van der Waals surface area contributed by atoms with Crippen molar-refractivity contribution in [2.75, 3.05) is 6.54 Å². The summed E-state index contributed by atoms with van der Waals surface area (Å²) in [4.78, 5) is 11.6. The van der Waals surface area contributed by atoms with Crippen LogP contribution in [-0.2, 0) is 19.5 Å². The van der Waals surface area contributed by atoms with Crippen molar-refractivity contribution in [3.8, 4) is 11.5 Å². The minimum Gasteiger partial charge on any atom is -0.419 e. The van der Waals surface area contributed by atoms with E-state index >= 15 is 0 Å². The van der Waals surface area contributed by atoms with E-state index in [1.165, 1.54) is 33.4 Å². The SMILES string of the molecule is CC1=C(CN(Cc2cc(C)c(CC(C)(C)C(C)O)c(C)c2)Cc2nnc(-c3cccnc3)o2)N=C(c2ccccc2)C1. The molecule has 0 saturated carbocycles. The second-order valence-corrected chi connectivity index (χ2v) is 12.3. The number of hydrogen-bond acceptors (Lipinski definition) is 7. The molecule has 2 aromatic carbocycles. The summed E-state index contributed by atoms with van der Waals surface area (Å²) in [5.74, 6) is 1.02. The van der Waals surface area contributed by atoms with Gasteiger partial charge in [-0.3, -0.25) is 14.9 Å². The molecule has 7 heteroatoms. The van der Waals surface area contributed by atoms with Gasteiger partial charge in [-0.2, -0.15) is 0 Å². The molecular formula is C35H41N5O2. The molecule has 0 spiro atoms. The van der Waals surface area contributed by atoms with E-state index in [1.807, 2.05) is 25.1 Å². The minimum atomic E-state index is -0.387. The maximum Gasteiger partial charge on any atom is 0.249 e. The standard InChI is InChI=1S/C35H41N5O2/c1-23-15-27(16-24(2)30(23)18-35(5,6)26(4)41)20-40(22-33-38-39-34(42-33)29-13-10-14-36-19-29)21-32-25(3)17-31(37-32)28-11-8-7-9-12-28/h7-16,19,26,41H,17-18,20-22H2,1-6H3. The molecular weight excluding hydrogens is 522 g/mol. The van der Waals surface area contributed by atoms with Crippen molar-refractivity contribution in [3.05, 3.63) is 112 Å². The van der Waals surface area contributed by atoms with E-state index in [2.05, 4.69) is 91.1 Å². The fourth-order valence-corrected chi connectivity index (χ4v) is 5.43. The summed E-state index contributed by atoms with van der Waals surface area (Å²) in [5.41, 5.74) is 10.3. The van der Waals surface area contributed by atoms with Crippen LogP contribution in [0.5, 0.6) is 0 Å². The van der Waals surface area contributed by atoms with Gasteiger partial charge in [0.2, 0.25) is 11.8 Å². The van der Waals surface area contributed by atoms with Gasteiger partial charge in [0.1, 0.15) is 0 Å². The molecule has 7 nitrogen and oxygen atoms in total. The Morgan fingerprint density at radius 1 is 0.929 bits per heavy atom. The van der Waals surface area contributed by atoms with Crippen LogP contribution in [0.4, 0.5) is 0 Å². The Hall–Kier alpha value is -3.94. The Bertz CT molecular complexity index is 1560. The Balaban J connectivity index is 1.41. The van der Waals surface area contributed by atoms with E-state index in [4.69, 9.17) is 9.41 Å². The number of aryl methyl sites for hydroxylation is 2. The number of nitrogens with zero attached hydrogens (tertiary/aromatic N) is 5. The first-order valence-electron chi connectivity index (χ1n) is 14.6. The monoisotopic (exact) mass is 563 g/mol. The molecule has 1 unspecified atom stereocenters. The van der Waals surface area contributed by atoms with Crippen molar-refractivity contribution >= 4 is 5.71 Å². The molecule has 0 radical (unpaired) electrons. The molecule has 1 aliphatic rings. The lowest BCUT2D eigenvalue weighted by atomic mass is 9.78. The van der Waals surface area contributed by atoms with Crippen molar-refractivity contribution in [2.24, 2.45) is 10.4 Å². The summed E-state index contributed by atoms with van der Waals surface area (Å²) in [6.07, 6.45) is 4.75. The van der Waals surface area contributed by atoms with Gasteiger partial charge < -0.3 is 9.52 Å². The molecule has 0 amide bonds. The van der Waals surface area contributed by atoms with Crippen LogP contribution in [0, 0.1) is 19.3 Å². The lowest BCUT2D eigenvalue weighted by Gasteiger charge is -2.30. The smallest absolute Gasteiger partial charge is 0.249 e. The van der Waals surface area contributed by atoms with Gasteiger partial charge in [0.05, 0.1) is 29.6 Å². The first-order valence-corrected chi connectivity index (χ1v) is 14.6. The van der Waals surface area contributed by atoms with Crippen LogP contribution >= 0.6 is 0 Å². The third-order valence-corrected chi connectivity index (χ3v) is 8.34. The van der Waals surface area contributed by atoms with Crippen LogP contribution in [-0.4, -0.2) is 43.5 Å². The van der Waals surface area contributed by atoms with Crippen LogP contribution in [0.1, 0.15) is 67.8 Å². The van der Waals surface area contributed by atoms with Gasteiger partial charge in [-0.15, -0.1) is 10.2 Å². The van der Waals surface area contributed by atoms with Crippen LogP contribution in [0.25, 0.3) is 11.5 Å². The number of aliphatic hydroxyl groups excluding tert-OH is 1. The van der Waals surface area contributed by atoms with Crippen molar-refractivity contribution in [1.82, 2.24) is 20.1 Å². The number of pyridine rings is 1. The Labute approximate surface area is 249 Å². The molecule has 0 fully saturated rings. The summed E-state index contributed by atoms with van der Waals surface area (Å²) in [6.45, 7) is 14.5. The second kappa shape index (κ2) is 12.5. The van der Waals surface area contributed by atoms with Gasteiger partial charge in [0.15, 0.2) is 0 Å². The van der Waals surface area contributed by atoms with Gasteiger partial charge in [-0.05, 0) is 85.1 Å². The molecule has 1 N–H and O–H groups in total. The molecule has 5 rings (SSSR count). The van der Waals surface area contributed by atoms with Gasteiger partial charge in [-0.1, -0.05) is 56.3 Å². The van der Waals surface area contributed by atoms with Gasteiger partial charge in [0.25, 0.3) is 0 Å². The highest BCUT2D eigenvalue weighted by molar-refractivity contribution is 6.04. The second-order valence-electron chi connectivity index (χ2n) is 12.3. The van der Waals surface area contributed by atoms with E-state index in [9.17, 15) is 5.11 Å². The summed E-state index contributed by atoms with van der Waals surface area (Å²) >= 11 is 0. The van der Waals surface area contributed by atoms with E-state index < -0.39 is 0 Å². The summed E-state index contributed by atoms with van der Waals surface area (Å²) in [6, 6.07) is 18.7. The van der Waals surface area contributed by atoms with Crippen molar-refractivity contribution in [2.45, 2.75) is 73.6 Å². The zero-order valence-electron chi connectivity index (χ0n) is 25.6. The number of hydrogen-bond donors (Lipinski definition) is 1. The molecule has 0 saturated heterocycles. The van der Waals surface area contributed by atoms with E-state index in [0.29, 0.717) is 31.4 Å². The number of aromatic nitrogens is 3. The first kappa shape index (κ1) is 29.5. The van der Waals surface area contributed by atoms with E-state index in [-0.39, 0.29) is 11.5 Å². The maximum absolute atomic E-state index is 10.3. The molecule has 0 aliphatic carbocycles. The average molecular weight is 564 g/mol. The summed E-state index contributed by atoms with van der Waals surface area (Å²) < 4.78 is 6.08. The van der Waals surface area contributed by atoms with Crippen molar-refractivity contribution < 1.29 is 9.52 Å². The predicted molar refractivity (Wildman–Crippen MR) is 167 cm³/mol. The van der Waals surface area contributed by atoms with Gasteiger partial charge in [0, 0.05) is 31.9 Å². The van der Waals surface area contributed by atoms with Crippen LogP contribution < -0.4 is 0 Å². The number of rotatable bonds is 11. The summed E-state index contributed by atoms with van der Waals surface area (Å²) in [7, 11) is 0. The first-order chi connectivity index (χ1) is 20.1. The molecule has 4 aromatic rings. The van der Waals surface area contributed by atoms with Crippen LogP contribution in [0.2, 0.25) is 0 Å². The minimum absolute atomic E-state index is 0.200. The highest BCUT2D eigenvalue weighted by Crippen LogP contribution is 2.31. The van der Waals surface area contributed by atoms with Crippen LogP contribution in [0.15, 0.2) is 87.7 Å². The molecule has 218 valence electrons. The number of aliphatic hydroxyl groups is 1. The number of benzene rings is 2. The third-order valence-electron chi connectivity index (χ3n) is 8.34. The molecule has 3 heterocycles. The largest absolute Gasteiger partial charge is 0.419 e.